The van der Waals surface area contributed by atoms with Crippen molar-refractivity contribution in [3.05, 3.63) is 30.1 Å². The highest BCUT2D eigenvalue weighted by atomic mass is 19.1. The van der Waals surface area contributed by atoms with Crippen molar-refractivity contribution in [1.82, 2.24) is 10.2 Å². The minimum atomic E-state index is -0.127. The number of likely N-dealkylation sites (N-methyl/N-ethyl adjacent to an activating group) is 1. The molecule has 3 nitrogen and oxygen atoms in total. The summed E-state index contributed by atoms with van der Waals surface area (Å²) in [7, 11) is 4.12. The molecule has 2 rings (SSSR count). The van der Waals surface area contributed by atoms with E-state index >= 15 is 0 Å². The third-order valence-electron chi connectivity index (χ3n) is 3.03. The lowest BCUT2D eigenvalue weighted by Crippen LogP contribution is -2.54. The number of para-hydroxylation sites is 1. The van der Waals surface area contributed by atoms with Gasteiger partial charge in [-0.2, -0.15) is 0 Å². The average Bonchev–Trinajstić information content (AvgIpc) is 2.29. The Kier molecular flexibility index (Phi) is 3.97. The number of nitrogens with one attached hydrogen (secondary N) is 1. The van der Waals surface area contributed by atoms with E-state index in [4.69, 9.17) is 0 Å². The van der Waals surface area contributed by atoms with Gasteiger partial charge < -0.3 is 15.1 Å². The number of piperazine rings is 1. The second kappa shape index (κ2) is 5.47. The van der Waals surface area contributed by atoms with Crippen molar-refractivity contribution in [1.29, 1.82) is 0 Å². The van der Waals surface area contributed by atoms with Crippen molar-refractivity contribution in [3.8, 4) is 0 Å². The van der Waals surface area contributed by atoms with Crippen LogP contribution in [0.1, 0.15) is 0 Å². The van der Waals surface area contributed by atoms with Crippen molar-refractivity contribution >= 4 is 5.69 Å². The minimum absolute atomic E-state index is 0.127. The maximum absolute atomic E-state index is 13.7. The van der Waals surface area contributed by atoms with Crippen LogP contribution in [0, 0.1) is 5.82 Å². The number of benzene rings is 1. The summed E-state index contributed by atoms with van der Waals surface area (Å²) in [5.41, 5.74) is 0.720. The van der Waals surface area contributed by atoms with Gasteiger partial charge in [0.15, 0.2) is 0 Å². The summed E-state index contributed by atoms with van der Waals surface area (Å²) in [6, 6.07) is 7.41. The van der Waals surface area contributed by atoms with Crippen LogP contribution in [0.2, 0.25) is 0 Å². The van der Waals surface area contributed by atoms with E-state index in [1.807, 2.05) is 12.1 Å². The molecule has 94 valence electrons. The van der Waals surface area contributed by atoms with Crippen LogP contribution in [-0.2, 0) is 0 Å². The number of hydrogen-bond donors (Lipinski definition) is 1. The molecule has 1 aliphatic rings. The van der Waals surface area contributed by atoms with Crippen molar-refractivity contribution in [3.63, 3.8) is 0 Å². The summed E-state index contributed by atoms with van der Waals surface area (Å²) in [4.78, 5) is 4.28. The molecule has 1 unspecified atom stereocenters. The SMILES string of the molecule is CN(C)CC1CN(c2ccccc2F)CCN1. The summed E-state index contributed by atoms with van der Waals surface area (Å²) < 4.78 is 13.7. The van der Waals surface area contributed by atoms with Crippen LogP contribution in [0.4, 0.5) is 10.1 Å². The number of halogens is 1. The van der Waals surface area contributed by atoms with E-state index in [2.05, 4.69) is 29.2 Å². The van der Waals surface area contributed by atoms with Crippen molar-refractivity contribution in [2.75, 3.05) is 45.2 Å². The quantitative estimate of drug-likeness (QED) is 0.851. The first-order valence-corrected chi connectivity index (χ1v) is 6.04. The lowest BCUT2D eigenvalue weighted by atomic mass is 10.1. The third-order valence-corrected chi connectivity index (χ3v) is 3.03. The standard InChI is InChI=1S/C13H20FN3/c1-16(2)9-11-10-17(8-7-15-11)13-6-4-3-5-12(13)14/h3-6,11,15H,7-10H2,1-2H3. The zero-order valence-electron chi connectivity index (χ0n) is 10.5. The van der Waals surface area contributed by atoms with E-state index in [1.54, 1.807) is 6.07 Å². The Bertz CT molecular complexity index is 367. The third kappa shape index (κ3) is 3.17. The zero-order valence-corrected chi connectivity index (χ0v) is 10.5. The van der Waals surface area contributed by atoms with Gasteiger partial charge in [0.25, 0.3) is 0 Å². The molecule has 0 saturated carbocycles. The lowest BCUT2D eigenvalue weighted by molar-refractivity contribution is 0.322. The summed E-state index contributed by atoms with van der Waals surface area (Å²) in [6.07, 6.45) is 0. The van der Waals surface area contributed by atoms with Crippen molar-refractivity contribution in [2.45, 2.75) is 6.04 Å². The van der Waals surface area contributed by atoms with Gasteiger partial charge in [0.05, 0.1) is 5.69 Å². The summed E-state index contributed by atoms with van der Waals surface area (Å²) in [6.45, 7) is 3.61. The molecule has 0 spiro atoms. The van der Waals surface area contributed by atoms with E-state index in [0.29, 0.717) is 6.04 Å². The monoisotopic (exact) mass is 237 g/mol. The van der Waals surface area contributed by atoms with E-state index in [-0.39, 0.29) is 5.82 Å². The van der Waals surface area contributed by atoms with E-state index in [9.17, 15) is 4.39 Å². The van der Waals surface area contributed by atoms with Crippen molar-refractivity contribution < 1.29 is 4.39 Å². The Balaban J connectivity index is 2.04. The van der Waals surface area contributed by atoms with Crippen LogP contribution in [0.25, 0.3) is 0 Å². The molecule has 0 aliphatic carbocycles. The Morgan fingerprint density at radius 3 is 2.88 bits per heavy atom. The molecule has 0 aromatic heterocycles. The molecule has 0 amide bonds. The molecule has 1 atom stereocenters. The van der Waals surface area contributed by atoms with Crippen LogP contribution >= 0.6 is 0 Å². The lowest BCUT2D eigenvalue weighted by Gasteiger charge is -2.36. The van der Waals surface area contributed by atoms with E-state index < -0.39 is 0 Å². The predicted molar refractivity (Wildman–Crippen MR) is 69.0 cm³/mol. The molecule has 0 bridgehead atoms. The molecule has 1 N–H and O–H groups in total. The van der Waals surface area contributed by atoms with Gasteiger partial charge in [-0.1, -0.05) is 12.1 Å². The van der Waals surface area contributed by atoms with Gasteiger partial charge in [-0.05, 0) is 26.2 Å². The highest BCUT2D eigenvalue weighted by Crippen LogP contribution is 2.19. The predicted octanol–water partition coefficient (Wildman–Crippen LogP) is 1.17. The highest BCUT2D eigenvalue weighted by Gasteiger charge is 2.21. The van der Waals surface area contributed by atoms with Crippen LogP contribution in [0.3, 0.4) is 0 Å². The first-order valence-electron chi connectivity index (χ1n) is 6.04. The van der Waals surface area contributed by atoms with Crippen LogP contribution < -0.4 is 10.2 Å². The molecule has 0 radical (unpaired) electrons. The van der Waals surface area contributed by atoms with E-state index in [0.717, 1.165) is 31.9 Å². The fraction of sp³-hybridized carbons (Fsp3) is 0.538. The van der Waals surface area contributed by atoms with Gasteiger partial charge in [0, 0.05) is 32.2 Å². The Hall–Kier alpha value is -1.13. The van der Waals surface area contributed by atoms with Gasteiger partial charge in [0.1, 0.15) is 5.82 Å². The maximum atomic E-state index is 13.7. The largest absolute Gasteiger partial charge is 0.366 e. The summed E-state index contributed by atoms with van der Waals surface area (Å²) in [5.74, 6) is -0.127. The van der Waals surface area contributed by atoms with Crippen molar-refractivity contribution in [2.24, 2.45) is 0 Å². The summed E-state index contributed by atoms with van der Waals surface area (Å²) in [5, 5.41) is 3.46. The van der Waals surface area contributed by atoms with Crippen LogP contribution in [0.5, 0.6) is 0 Å². The average molecular weight is 237 g/mol. The topological polar surface area (TPSA) is 18.5 Å². The minimum Gasteiger partial charge on any atom is -0.366 e. The van der Waals surface area contributed by atoms with Gasteiger partial charge >= 0.3 is 0 Å². The number of rotatable bonds is 3. The Labute approximate surface area is 102 Å². The number of anilines is 1. The molecule has 1 aromatic carbocycles. The Morgan fingerprint density at radius 2 is 2.18 bits per heavy atom. The van der Waals surface area contributed by atoms with Crippen LogP contribution in [0.15, 0.2) is 24.3 Å². The second-order valence-electron chi connectivity index (χ2n) is 4.81. The highest BCUT2D eigenvalue weighted by molar-refractivity contribution is 5.48. The molecular formula is C13H20FN3. The molecule has 1 aromatic rings. The molecule has 17 heavy (non-hydrogen) atoms. The van der Waals surface area contributed by atoms with Gasteiger partial charge in [-0.3, -0.25) is 0 Å². The van der Waals surface area contributed by atoms with Gasteiger partial charge in [0.2, 0.25) is 0 Å². The first-order chi connectivity index (χ1) is 8.16. The molecule has 1 aliphatic heterocycles. The summed E-state index contributed by atoms with van der Waals surface area (Å²) >= 11 is 0. The maximum Gasteiger partial charge on any atom is 0.146 e. The second-order valence-corrected chi connectivity index (χ2v) is 4.81. The number of hydrogen-bond acceptors (Lipinski definition) is 3. The number of nitrogens with zero attached hydrogens (tertiary/aromatic N) is 2. The Morgan fingerprint density at radius 1 is 1.41 bits per heavy atom. The molecule has 1 heterocycles. The van der Waals surface area contributed by atoms with E-state index in [1.165, 1.54) is 6.07 Å². The van der Waals surface area contributed by atoms with Gasteiger partial charge in [-0.25, -0.2) is 4.39 Å². The molecular weight excluding hydrogens is 217 g/mol. The zero-order chi connectivity index (χ0) is 12.3. The fourth-order valence-corrected chi connectivity index (χ4v) is 2.32. The van der Waals surface area contributed by atoms with Crippen LogP contribution in [-0.4, -0.2) is 51.2 Å². The molecule has 1 fully saturated rings. The molecule has 1 saturated heterocycles. The van der Waals surface area contributed by atoms with Gasteiger partial charge in [-0.15, -0.1) is 0 Å². The smallest absolute Gasteiger partial charge is 0.146 e. The molecule has 4 heteroatoms. The normalized spacial score (nSPS) is 20.9. The first kappa shape index (κ1) is 12.3. The fourth-order valence-electron chi connectivity index (χ4n) is 2.32.